The van der Waals surface area contributed by atoms with Crippen LogP contribution in [0.15, 0.2) is 42.5 Å². The maximum absolute atomic E-state index is 4.64. The van der Waals surface area contributed by atoms with Crippen LogP contribution in [0.3, 0.4) is 0 Å². The summed E-state index contributed by atoms with van der Waals surface area (Å²) in [6.07, 6.45) is 0. The number of H-pyrrole nitrogens is 1. The third kappa shape index (κ3) is 1.80. The summed E-state index contributed by atoms with van der Waals surface area (Å²) in [7, 11) is 0. The summed E-state index contributed by atoms with van der Waals surface area (Å²) in [6.45, 7) is 4.38. The van der Waals surface area contributed by atoms with Crippen molar-refractivity contribution in [2.45, 2.75) is 19.8 Å². The van der Waals surface area contributed by atoms with Gasteiger partial charge in [0.1, 0.15) is 5.82 Å². The maximum atomic E-state index is 4.64. The second kappa shape index (κ2) is 4.30. The van der Waals surface area contributed by atoms with Gasteiger partial charge in [-0.25, -0.2) is 4.98 Å². The van der Waals surface area contributed by atoms with E-state index in [1.807, 2.05) is 36.4 Å². The number of aromatic nitrogens is 2. The molecule has 3 rings (SSSR count). The Bertz CT molecular complexity index is 647. The number of hydrogen-bond donors (Lipinski definition) is 1. The Balaban J connectivity index is 2.20. The van der Waals surface area contributed by atoms with E-state index in [0.29, 0.717) is 5.92 Å². The number of fused-ring (bicyclic) bond motifs is 1. The first-order chi connectivity index (χ1) is 8.75. The SMILES string of the molecule is CC(C)c1ccc[c]c1-c1nc2ccccc2[nH]1. The zero-order valence-electron chi connectivity index (χ0n) is 10.6. The monoisotopic (exact) mass is 235 g/mol. The molecule has 0 saturated carbocycles. The third-order valence-corrected chi connectivity index (χ3v) is 3.14. The van der Waals surface area contributed by atoms with E-state index in [-0.39, 0.29) is 0 Å². The van der Waals surface area contributed by atoms with Gasteiger partial charge in [-0.05, 0) is 29.7 Å². The molecule has 2 aromatic carbocycles. The normalized spacial score (nSPS) is 11.3. The summed E-state index contributed by atoms with van der Waals surface area (Å²) in [5.74, 6) is 1.37. The van der Waals surface area contributed by atoms with Crippen molar-refractivity contribution in [1.29, 1.82) is 0 Å². The largest absolute Gasteiger partial charge is 0.338 e. The minimum absolute atomic E-state index is 0.464. The average molecular weight is 235 g/mol. The lowest BCUT2D eigenvalue weighted by Crippen LogP contribution is -1.93. The van der Waals surface area contributed by atoms with Crippen LogP contribution in [0.1, 0.15) is 25.3 Å². The van der Waals surface area contributed by atoms with Crippen LogP contribution in [0.4, 0.5) is 0 Å². The van der Waals surface area contributed by atoms with Gasteiger partial charge in [-0.1, -0.05) is 44.2 Å². The van der Waals surface area contributed by atoms with Crippen molar-refractivity contribution in [1.82, 2.24) is 9.97 Å². The highest BCUT2D eigenvalue weighted by Crippen LogP contribution is 2.28. The van der Waals surface area contributed by atoms with Crippen LogP contribution in [0.25, 0.3) is 22.4 Å². The van der Waals surface area contributed by atoms with E-state index in [9.17, 15) is 0 Å². The second-order valence-corrected chi connectivity index (χ2v) is 4.76. The van der Waals surface area contributed by atoms with Crippen molar-refractivity contribution in [3.63, 3.8) is 0 Å². The molecule has 1 aromatic heterocycles. The van der Waals surface area contributed by atoms with E-state index in [4.69, 9.17) is 0 Å². The molecular weight excluding hydrogens is 220 g/mol. The summed E-state index contributed by atoms with van der Waals surface area (Å²) in [5, 5.41) is 0. The maximum Gasteiger partial charge on any atom is 0.139 e. The molecule has 0 aliphatic heterocycles. The molecule has 0 unspecified atom stereocenters. The molecule has 1 radical (unpaired) electrons. The zero-order valence-corrected chi connectivity index (χ0v) is 10.6. The van der Waals surface area contributed by atoms with Crippen molar-refractivity contribution in [3.8, 4) is 11.4 Å². The van der Waals surface area contributed by atoms with E-state index in [0.717, 1.165) is 22.4 Å². The van der Waals surface area contributed by atoms with Crippen LogP contribution in [-0.4, -0.2) is 9.97 Å². The topological polar surface area (TPSA) is 28.7 Å². The van der Waals surface area contributed by atoms with E-state index < -0.39 is 0 Å². The molecule has 0 fully saturated rings. The Kier molecular flexibility index (Phi) is 2.63. The van der Waals surface area contributed by atoms with Gasteiger partial charge in [0, 0.05) is 5.56 Å². The van der Waals surface area contributed by atoms with Crippen LogP contribution in [0, 0.1) is 6.07 Å². The smallest absolute Gasteiger partial charge is 0.139 e. The molecule has 0 bridgehead atoms. The van der Waals surface area contributed by atoms with Crippen LogP contribution >= 0.6 is 0 Å². The molecule has 2 heteroatoms. The van der Waals surface area contributed by atoms with Gasteiger partial charge in [0.25, 0.3) is 0 Å². The first kappa shape index (κ1) is 11.0. The fourth-order valence-corrected chi connectivity index (χ4v) is 2.21. The van der Waals surface area contributed by atoms with Gasteiger partial charge in [0.15, 0.2) is 0 Å². The fourth-order valence-electron chi connectivity index (χ4n) is 2.21. The van der Waals surface area contributed by atoms with Crippen LogP contribution < -0.4 is 0 Å². The highest BCUT2D eigenvalue weighted by Gasteiger charge is 2.11. The number of imidazole rings is 1. The van der Waals surface area contributed by atoms with Crippen molar-refractivity contribution in [2.75, 3.05) is 0 Å². The molecule has 3 aromatic rings. The molecule has 89 valence electrons. The van der Waals surface area contributed by atoms with Gasteiger partial charge in [-0.2, -0.15) is 0 Å². The highest BCUT2D eigenvalue weighted by atomic mass is 14.9. The quantitative estimate of drug-likeness (QED) is 0.710. The molecule has 0 spiro atoms. The number of benzene rings is 2. The first-order valence-corrected chi connectivity index (χ1v) is 6.21. The van der Waals surface area contributed by atoms with Crippen molar-refractivity contribution < 1.29 is 0 Å². The minimum atomic E-state index is 0.464. The Labute approximate surface area is 107 Å². The Morgan fingerprint density at radius 1 is 1.11 bits per heavy atom. The van der Waals surface area contributed by atoms with Gasteiger partial charge in [0.2, 0.25) is 0 Å². The summed E-state index contributed by atoms with van der Waals surface area (Å²) >= 11 is 0. The standard InChI is InChI=1S/C16H15N2/c1-11(2)12-7-3-4-8-13(12)16-17-14-9-5-6-10-15(14)18-16/h3-7,9-11H,1-2H3,(H,17,18). The van der Waals surface area contributed by atoms with Gasteiger partial charge in [-0.3, -0.25) is 0 Å². The lowest BCUT2D eigenvalue weighted by Gasteiger charge is -2.09. The Morgan fingerprint density at radius 3 is 2.72 bits per heavy atom. The third-order valence-electron chi connectivity index (χ3n) is 3.14. The summed E-state index contributed by atoms with van der Waals surface area (Å²) in [5.41, 5.74) is 4.42. The number of aromatic amines is 1. The number of nitrogens with zero attached hydrogens (tertiary/aromatic N) is 1. The molecule has 2 nitrogen and oxygen atoms in total. The van der Waals surface area contributed by atoms with E-state index in [1.54, 1.807) is 0 Å². The second-order valence-electron chi connectivity index (χ2n) is 4.76. The van der Waals surface area contributed by atoms with E-state index in [1.165, 1.54) is 5.56 Å². The molecule has 1 N–H and O–H groups in total. The highest BCUT2D eigenvalue weighted by molar-refractivity contribution is 5.79. The average Bonchev–Trinajstić information content (AvgIpc) is 2.82. The number of hydrogen-bond acceptors (Lipinski definition) is 1. The molecule has 18 heavy (non-hydrogen) atoms. The van der Waals surface area contributed by atoms with Gasteiger partial charge < -0.3 is 4.98 Å². The van der Waals surface area contributed by atoms with E-state index >= 15 is 0 Å². The molecule has 1 heterocycles. The molecular formula is C16H15N2. The van der Waals surface area contributed by atoms with Crippen LogP contribution in [-0.2, 0) is 0 Å². The van der Waals surface area contributed by atoms with Gasteiger partial charge >= 0.3 is 0 Å². The first-order valence-electron chi connectivity index (χ1n) is 6.21. The zero-order chi connectivity index (χ0) is 12.5. The molecule has 0 aliphatic rings. The van der Waals surface area contributed by atoms with E-state index in [2.05, 4.69) is 35.9 Å². The number of rotatable bonds is 2. The summed E-state index contributed by atoms with van der Waals surface area (Å²) in [6, 6.07) is 17.5. The molecule has 0 saturated heterocycles. The summed E-state index contributed by atoms with van der Waals surface area (Å²) < 4.78 is 0. The number of nitrogens with one attached hydrogen (secondary N) is 1. The molecule has 0 atom stereocenters. The van der Waals surface area contributed by atoms with Gasteiger partial charge in [0.05, 0.1) is 11.0 Å². The van der Waals surface area contributed by atoms with Crippen molar-refractivity contribution in [3.05, 3.63) is 54.1 Å². The lowest BCUT2D eigenvalue weighted by molar-refractivity contribution is 0.867. The van der Waals surface area contributed by atoms with Crippen LogP contribution in [0.2, 0.25) is 0 Å². The van der Waals surface area contributed by atoms with Crippen LogP contribution in [0.5, 0.6) is 0 Å². The minimum Gasteiger partial charge on any atom is -0.338 e. The Hall–Kier alpha value is -2.09. The molecule has 0 amide bonds. The predicted octanol–water partition coefficient (Wildman–Crippen LogP) is 4.15. The van der Waals surface area contributed by atoms with Gasteiger partial charge in [-0.15, -0.1) is 0 Å². The predicted molar refractivity (Wildman–Crippen MR) is 74.5 cm³/mol. The number of para-hydroxylation sites is 2. The lowest BCUT2D eigenvalue weighted by atomic mass is 9.97. The molecule has 0 aliphatic carbocycles. The van der Waals surface area contributed by atoms with Crippen molar-refractivity contribution >= 4 is 11.0 Å². The fraction of sp³-hybridized carbons (Fsp3) is 0.188. The van der Waals surface area contributed by atoms with Crippen molar-refractivity contribution in [2.24, 2.45) is 0 Å². The summed E-state index contributed by atoms with van der Waals surface area (Å²) in [4.78, 5) is 8.00. The Morgan fingerprint density at radius 2 is 1.94 bits per heavy atom.